The van der Waals surface area contributed by atoms with Gasteiger partial charge in [0.1, 0.15) is 5.75 Å². The third-order valence-corrected chi connectivity index (χ3v) is 9.89. The number of halogens is 1. The van der Waals surface area contributed by atoms with Crippen LogP contribution in [0, 0.1) is 0 Å². The minimum absolute atomic E-state index is 0.0311. The molecule has 0 aliphatic heterocycles. The Morgan fingerprint density at radius 2 is 1.53 bits per heavy atom. The molecule has 0 bridgehead atoms. The number of fused-ring (bicyclic) bond motifs is 1. The fourth-order valence-corrected chi connectivity index (χ4v) is 8.60. The fourth-order valence-electron chi connectivity index (χ4n) is 3.60. The van der Waals surface area contributed by atoms with Gasteiger partial charge in [0, 0.05) is 11.1 Å². The molecule has 0 saturated heterocycles. The lowest BCUT2D eigenvalue weighted by Gasteiger charge is -2.41. The summed E-state index contributed by atoms with van der Waals surface area (Å²) >= 11 is 3.23. The largest absolute Gasteiger partial charge is 0.497 e. The molecule has 3 rings (SSSR count). The Hall–Kier alpha value is -1.81. The Bertz CT molecular complexity index is 1240. The Morgan fingerprint density at radius 1 is 0.971 bits per heavy atom. The highest BCUT2D eigenvalue weighted by molar-refractivity contribution is 9.12. The zero-order valence-corrected chi connectivity index (χ0v) is 22.7. The van der Waals surface area contributed by atoms with Crippen LogP contribution < -0.4 is 9.46 Å². The van der Waals surface area contributed by atoms with Crippen molar-refractivity contribution in [2.45, 2.75) is 50.1 Å². The van der Waals surface area contributed by atoms with Crippen LogP contribution in [0.25, 0.3) is 0 Å². The summed E-state index contributed by atoms with van der Waals surface area (Å²) in [5, 5.41) is -2.02. The van der Waals surface area contributed by atoms with Gasteiger partial charge in [0.05, 0.1) is 28.7 Å². The predicted octanol–water partition coefficient (Wildman–Crippen LogP) is 5.34. The lowest BCUT2D eigenvalue weighted by molar-refractivity contribution is 0.103. The molecule has 0 spiro atoms. The molecule has 8 nitrogen and oxygen atoms in total. The van der Waals surface area contributed by atoms with Crippen LogP contribution in [0.2, 0.25) is 0 Å². The van der Waals surface area contributed by atoms with Crippen molar-refractivity contribution in [3.05, 3.63) is 70.2 Å². The number of benzene rings is 2. The second-order valence-corrected chi connectivity index (χ2v) is 12.9. The number of carbonyl (C=O) groups excluding carboxylic acids is 1. The molecule has 0 fully saturated rings. The Kier molecular flexibility index (Phi) is 7.92. The first-order valence-corrected chi connectivity index (χ1v) is 14.3. The summed E-state index contributed by atoms with van der Waals surface area (Å²) in [7, 11) is -7.17. The van der Waals surface area contributed by atoms with Crippen molar-refractivity contribution in [2.75, 3.05) is 7.11 Å². The number of sulfonamides is 1. The van der Waals surface area contributed by atoms with Gasteiger partial charge in [0.25, 0.3) is 0 Å². The Balaban J connectivity index is 2.33. The summed E-state index contributed by atoms with van der Waals surface area (Å²) in [6, 6.07) is 12.1. The van der Waals surface area contributed by atoms with Gasteiger partial charge in [-0.2, -0.15) is 4.72 Å². The molecule has 0 radical (unpaired) electrons. The molecule has 0 saturated carbocycles. The number of allylic oxidation sites excluding steroid dienone is 1. The number of rotatable bonds is 9. The average Bonchev–Trinajstić information content (AvgIpc) is 2.76. The van der Waals surface area contributed by atoms with Gasteiger partial charge in [0.2, 0.25) is 10.0 Å². The van der Waals surface area contributed by atoms with Gasteiger partial charge in [-0.25, -0.2) is 8.42 Å². The zero-order chi connectivity index (χ0) is 25.3. The minimum atomic E-state index is -4.34. The molecule has 1 N–H and O–H groups in total. The van der Waals surface area contributed by atoms with Crippen LogP contribution in [0.4, 0.5) is 0 Å². The predicted molar refractivity (Wildman–Crippen MR) is 133 cm³/mol. The van der Waals surface area contributed by atoms with Gasteiger partial charge >= 0.3 is 7.60 Å². The van der Waals surface area contributed by atoms with Gasteiger partial charge in [-0.1, -0.05) is 24.3 Å². The number of Topliss-reactive ketones (excluding diaryl/α,β-unsaturated/α-hetero) is 1. The minimum Gasteiger partial charge on any atom is -0.497 e. The average molecular weight is 572 g/mol. The highest BCUT2D eigenvalue weighted by atomic mass is 79.9. The Morgan fingerprint density at radius 3 is 2.06 bits per heavy atom. The van der Waals surface area contributed by atoms with Crippen molar-refractivity contribution in [1.29, 1.82) is 0 Å². The van der Waals surface area contributed by atoms with E-state index in [4.69, 9.17) is 13.8 Å². The maximum Gasteiger partial charge on any atom is 0.360 e. The topological polar surface area (TPSA) is 108 Å². The van der Waals surface area contributed by atoms with Gasteiger partial charge < -0.3 is 13.8 Å². The third-order valence-electron chi connectivity index (χ3n) is 4.93. The first-order chi connectivity index (χ1) is 15.8. The van der Waals surface area contributed by atoms with Crippen molar-refractivity contribution in [2.24, 2.45) is 0 Å². The summed E-state index contributed by atoms with van der Waals surface area (Å²) in [6.45, 7) is 6.67. The van der Waals surface area contributed by atoms with Crippen molar-refractivity contribution in [3.8, 4) is 5.75 Å². The molecule has 0 aromatic heterocycles. The summed E-state index contributed by atoms with van der Waals surface area (Å²) < 4.78 is 61.2. The molecule has 1 aliphatic rings. The van der Waals surface area contributed by atoms with Crippen LogP contribution in [-0.2, 0) is 28.9 Å². The summed E-state index contributed by atoms with van der Waals surface area (Å²) in [5.41, 5.74) is 0.346. The van der Waals surface area contributed by atoms with E-state index in [0.717, 1.165) is 0 Å². The van der Waals surface area contributed by atoms with Crippen LogP contribution in [0.3, 0.4) is 0 Å². The smallest absolute Gasteiger partial charge is 0.360 e. The number of methoxy groups -OCH3 is 1. The fraction of sp³-hybridized carbons (Fsp3) is 0.348. The number of hydrogen-bond acceptors (Lipinski definition) is 7. The maximum atomic E-state index is 14.6. The molecule has 1 atom stereocenters. The summed E-state index contributed by atoms with van der Waals surface area (Å²) in [5.74, 6) is 0.0948. The second-order valence-electron chi connectivity index (χ2n) is 8.22. The first kappa shape index (κ1) is 26.8. The van der Waals surface area contributed by atoms with E-state index in [2.05, 4.69) is 20.7 Å². The molecule has 184 valence electrons. The number of hydrogen-bond donors (Lipinski definition) is 1. The molecular weight excluding hydrogens is 545 g/mol. The number of ether oxygens (including phenoxy) is 1. The standard InChI is InChI=1S/C23H27BrNO7PS/c1-15(2)31-33(27,32-16(3)4)23(14-21(24)22(26)19-8-6-7-9-20(19)23)25-34(28,29)18-12-10-17(30-5)11-13-18/h6-16,25H,1-5H3. The van der Waals surface area contributed by atoms with Crippen molar-refractivity contribution in [1.82, 2.24) is 4.72 Å². The first-order valence-electron chi connectivity index (χ1n) is 10.5. The van der Waals surface area contributed by atoms with Gasteiger partial charge in [-0.15, -0.1) is 0 Å². The molecule has 2 aromatic rings. The van der Waals surface area contributed by atoms with E-state index in [1.54, 1.807) is 45.9 Å². The number of carbonyl (C=O) groups is 1. The van der Waals surface area contributed by atoms with Gasteiger partial charge in [-0.05, 0) is 74.0 Å². The zero-order valence-electron chi connectivity index (χ0n) is 19.4. The van der Waals surface area contributed by atoms with E-state index in [1.165, 1.54) is 43.5 Å². The van der Waals surface area contributed by atoms with Crippen LogP contribution in [0.5, 0.6) is 5.75 Å². The van der Waals surface area contributed by atoms with E-state index in [9.17, 15) is 17.8 Å². The third kappa shape index (κ3) is 5.08. The highest BCUT2D eigenvalue weighted by Crippen LogP contribution is 2.67. The molecule has 1 unspecified atom stereocenters. The van der Waals surface area contributed by atoms with Crippen LogP contribution >= 0.6 is 23.5 Å². The molecule has 0 amide bonds. The molecule has 1 aliphatic carbocycles. The van der Waals surface area contributed by atoms with E-state index in [-0.39, 0.29) is 26.3 Å². The van der Waals surface area contributed by atoms with Crippen molar-refractivity contribution in [3.63, 3.8) is 0 Å². The van der Waals surface area contributed by atoms with Gasteiger partial charge in [-0.3, -0.25) is 9.36 Å². The second kappa shape index (κ2) is 10.0. The van der Waals surface area contributed by atoms with E-state index >= 15 is 0 Å². The van der Waals surface area contributed by atoms with E-state index in [1.807, 2.05) is 0 Å². The number of nitrogens with one attached hydrogen (secondary N) is 1. The van der Waals surface area contributed by atoms with Crippen LogP contribution in [0.1, 0.15) is 43.6 Å². The molecular formula is C23H27BrNO7PS. The molecule has 11 heteroatoms. The lowest BCUT2D eigenvalue weighted by Crippen LogP contribution is -2.48. The van der Waals surface area contributed by atoms with E-state index < -0.39 is 35.1 Å². The maximum absolute atomic E-state index is 14.6. The SMILES string of the molecule is COc1ccc(S(=O)(=O)NC2(P(=O)(OC(C)C)OC(C)C)C=C(Br)C(=O)c3ccccc32)cc1. The summed E-state index contributed by atoms with van der Waals surface area (Å²) in [6.07, 6.45) is 0.109. The Labute approximate surface area is 208 Å². The van der Waals surface area contributed by atoms with E-state index in [0.29, 0.717) is 5.75 Å². The van der Waals surface area contributed by atoms with Crippen LogP contribution in [0.15, 0.2) is 64.0 Å². The highest BCUT2D eigenvalue weighted by Gasteiger charge is 2.58. The number of ketones is 1. The molecule has 34 heavy (non-hydrogen) atoms. The molecule has 0 heterocycles. The van der Waals surface area contributed by atoms with Crippen molar-refractivity contribution < 1.29 is 31.6 Å². The van der Waals surface area contributed by atoms with Gasteiger partial charge in [0.15, 0.2) is 11.1 Å². The lowest BCUT2D eigenvalue weighted by atomic mass is 9.92. The quantitative estimate of drug-likeness (QED) is 0.404. The normalized spacial score (nSPS) is 18.7. The van der Waals surface area contributed by atoms with Crippen molar-refractivity contribution >= 4 is 39.3 Å². The van der Waals surface area contributed by atoms with Crippen LogP contribution in [-0.4, -0.2) is 33.5 Å². The monoisotopic (exact) mass is 571 g/mol. The molecule has 2 aromatic carbocycles. The summed E-state index contributed by atoms with van der Waals surface area (Å²) in [4.78, 5) is 12.8.